The Kier molecular flexibility index (Phi) is 4.39. The average molecular weight is 280 g/mol. The molecule has 2 aromatic rings. The number of pyridine rings is 1. The van der Waals surface area contributed by atoms with Crippen LogP contribution in [0.5, 0.6) is 0 Å². The Bertz CT molecular complexity index is 550. The van der Waals surface area contributed by atoms with E-state index in [1.165, 1.54) is 0 Å². The second kappa shape index (κ2) is 6.04. The van der Waals surface area contributed by atoms with Crippen molar-refractivity contribution in [2.45, 2.75) is 13.0 Å². The van der Waals surface area contributed by atoms with Crippen LogP contribution in [-0.4, -0.2) is 40.3 Å². The first-order chi connectivity index (χ1) is 9.08. The number of rotatable bonds is 5. The molecule has 0 radical (unpaired) electrons. The minimum Gasteiger partial charge on any atom is -0.398 e. The van der Waals surface area contributed by atoms with Crippen molar-refractivity contribution in [1.29, 1.82) is 0 Å². The van der Waals surface area contributed by atoms with Gasteiger partial charge in [-0.3, -0.25) is 9.67 Å². The maximum atomic E-state index is 6.20. The van der Waals surface area contributed by atoms with E-state index in [-0.39, 0.29) is 0 Å². The van der Waals surface area contributed by atoms with Crippen LogP contribution in [0.15, 0.2) is 24.7 Å². The van der Waals surface area contributed by atoms with Crippen LogP contribution in [-0.2, 0) is 13.0 Å². The molecule has 0 saturated heterocycles. The summed E-state index contributed by atoms with van der Waals surface area (Å²) in [5.41, 5.74) is 8.61. The molecular weight excluding hydrogens is 262 g/mol. The van der Waals surface area contributed by atoms with Crippen molar-refractivity contribution in [2.24, 2.45) is 0 Å². The van der Waals surface area contributed by atoms with E-state index in [0.717, 1.165) is 30.0 Å². The van der Waals surface area contributed by atoms with E-state index in [1.807, 2.05) is 18.8 Å². The fraction of sp³-hybridized carbons (Fsp3) is 0.385. The summed E-state index contributed by atoms with van der Waals surface area (Å²) < 4.78 is 1.93. The highest BCUT2D eigenvalue weighted by atomic mass is 35.5. The second-order valence-corrected chi connectivity index (χ2v) is 5.12. The van der Waals surface area contributed by atoms with Crippen LogP contribution in [0.1, 0.15) is 11.3 Å². The normalized spacial score (nSPS) is 11.2. The maximum absolute atomic E-state index is 6.20. The number of halogens is 1. The summed E-state index contributed by atoms with van der Waals surface area (Å²) in [5.74, 6) is 0. The van der Waals surface area contributed by atoms with E-state index < -0.39 is 0 Å². The third kappa shape index (κ3) is 3.45. The van der Waals surface area contributed by atoms with E-state index >= 15 is 0 Å². The zero-order valence-corrected chi connectivity index (χ0v) is 11.9. The molecule has 102 valence electrons. The van der Waals surface area contributed by atoms with Gasteiger partial charge in [0.25, 0.3) is 0 Å². The van der Waals surface area contributed by atoms with Crippen molar-refractivity contribution in [3.05, 3.63) is 40.9 Å². The number of hydrogen-bond acceptors (Lipinski definition) is 4. The van der Waals surface area contributed by atoms with Gasteiger partial charge >= 0.3 is 0 Å². The van der Waals surface area contributed by atoms with Crippen LogP contribution < -0.4 is 5.73 Å². The lowest BCUT2D eigenvalue weighted by atomic mass is 10.1. The van der Waals surface area contributed by atoms with Gasteiger partial charge in [-0.2, -0.15) is 5.10 Å². The third-order valence-electron chi connectivity index (χ3n) is 2.96. The first kappa shape index (κ1) is 13.8. The van der Waals surface area contributed by atoms with Gasteiger partial charge in [-0.05, 0) is 25.7 Å². The highest BCUT2D eigenvalue weighted by Gasteiger charge is 2.11. The van der Waals surface area contributed by atoms with Gasteiger partial charge in [-0.1, -0.05) is 11.6 Å². The zero-order chi connectivity index (χ0) is 13.8. The quantitative estimate of drug-likeness (QED) is 0.904. The van der Waals surface area contributed by atoms with Gasteiger partial charge in [0.2, 0.25) is 0 Å². The molecule has 0 spiro atoms. The van der Waals surface area contributed by atoms with Crippen molar-refractivity contribution < 1.29 is 0 Å². The molecule has 19 heavy (non-hydrogen) atoms. The number of nitrogens with two attached hydrogens (primary N) is 1. The second-order valence-electron chi connectivity index (χ2n) is 4.72. The summed E-state index contributed by atoms with van der Waals surface area (Å²) >= 11 is 6.20. The minimum atomic E-state index is 0.645. The Morgan fingerprint density at radius 1 is 1.37 bits per heavy atom. The summed E-state index contributed by atoms with van der Waals surface area (Å²) in [6.07, 6.45) is 5.78. The highest BCUT2D eigenvalue weighted by molar-refractivity contribution is 6.31. The van der Waals surface area contributed by atoms with Gasteiger partial charge in [0.15, 0.2) is 0 Å². The molecule has 0 saturated carbocycles. The molecular formula is C13H18ClN5. The van der Waals surface area contributed by atoms with Crippen molar-refractivity contribution in [3.63, 3.8) is 0 Å². The molecule has 0 fully saturated rings. The Labute approximate surface area is 118 Å². The largest absolute Gasteiger partial charge is 0.398 e. The van der Waals surface area contributed by atoms with E-state index in [0.29, 0.717) is 11.4 Å². The molecule has 0 amide bonds. The Morgan fingerprint density at radius 3 is 2.84 bits per heavy atom. The van der Waals surface area contributed by atoms with Crippen molar-refractivity contribution in [2.75, 3.05) is 26.4 Å². The maximum Gasteiger partial charge on any atom is 0.0821 e. The molecule has 2 N–H and O–H groups in total. The molecule has 0 aliphatic heterocycles. The number of nitrogen functional groups attached to an aromatic ring is 1. The lowest BCUT2D eigenvalue weighted by Gasteiger charge is -2.12. The van der Waals surface area contributed by atoms with Crippen LogP contribution >= 0.6 is 11.6 Å². The summed E-state index contributed by atoms with van der Waals surface area (Å²) in [6.45, 7) is 1.71. The molecule has 2 aromatic heterocycles. The van der Waals surface area contributed by atoms with Crippen LogP contribution in [0, 0.1) is 0 Å². The van der Waals surface area contributed by atoms with Gasteiger partial charge in [0.1, 0.15) is 0 Å². The number of aromatic nitrogens is 3. The Hall–Kier alpha value is -1.59. The lowest BCUT2D eigenvalue weighted by molar-refractivity contribution is 0.370. The van der Waals surface area contributed by atoms with Crippen molar-refractivity contribution in [3.8, 4) is 0 Å². The summed E-state index contributed by atoms with van der Waals surface area (Å²) in [4.78, 5) is 6.21. The van der Waals surface area contributed by atoms with Crippen LogP contribution in [0.25, 0.3) is 0 Å². The topological polar surface area (TPSA) is 60.0 Å². The third-order valence-corrected chi connectivity index (χ3v) is 3.27. The predicted molar refractivity (Wildman–Crippen MR) is 77.2 cm³/mol. The zero-order valence-electron chi connectivity index (χ0n) is 11.2. The van der Waals surface area contributed by atoms with Crippen LogP contribution in [0.3, 0.4) is 0 Å². The number of hydrogen-bond donors (Lipinski definition) is 1. The summed E-state index contributed by atoms with van der Waals surface area (Å²) in [7, 11) is 4.06. The molecule has 6 heteroatoms. The van der Waals surface area contributed by atoms with Gasteiger partial charge < -0.3 is 10.6 Å². The van der Waals surface area contributed by atoms with E-state index in [4.69, 9.17) is 17.3 Å². The van der Waals surface area contributed by atoms with Gasteiger partial charge in [0, 0.05) is 31.0 Å². The van der Waals surface area contributed by atoms with Crippen LogP contribution in [0.4, 0.5) is 5.69 Å². The van der Waals surface area contributed by atoms with Gasteiger partial charge in [0.05, 0.1) is 23.5 Å². The van der Waals surface area contributed by atoms with Crippen molar-refractivity contribution >= 4 is 17.3 Å². The molecule has 2 rings (SSSR count). The SMILES string of the molecule is CN(C)CCn1ncc(Cl)c1Cc1cnccc1N. The first-order valence-electron chi connectivity index (χ1n) is 6.11. The number of anilines is 1. The van der Waals surface area contributed by atoms with E-state index in [9.17, 15) is 0 Å². The highest BCUT2D eigenvalue weighted by Crippen LogP contribution is 2.21. The van der Waals surface area contributed by atoms with E-state index in [2.05, 4.69) is 15.0 Å². The predicted octanol–water partition coefficient (Wildman–Crippen LogP) is 1.67. The number of likely N-dealkylation sites (N-methyl/N-ethyl adjacent to an activating group) is 1. The standard InChI is InChI=1S/C13H18ClN5/c1-18(2)5-6-19-13(11(14)9-17-19)7-10-8-16-4-3-12(10)15/h3-4,8-9H,5-7H2,1-2H3,(H2,15,16). The first-order valence-corrected chi connectivity index (χ1v) is 6.49. The van der Waals surface area contributed by atoms with Crippen LogP contribution in [0.2, 0.25) is 5.02 Å². The molecule has 0 unspecified atom stereocenters. The van der Waals surface area contributed by atoms with Crippen molar-refractivity contribution in [1.82, 2.24) is 19.7 Å². The van der Waals surface area contributed by atoms with Gasteiger partial charge in [-0.25, -0.2) is 0 Å². The monoisotopic (exact) mass is 279 g/mol. The fourth-order valence-corrected chi connectivity index (χ4v) is 2.03. The summed E-state index contributed by atoms with van der Waals surface area (Å²) in [6, 6.07) is 1.80. The minimum absolute atomic E-state index is 0.645. The molecule has 5 nitrogen and oxygen atoms in total. The molecule has 2 heterocycles. The lowest BCUT2D eigenvalue weighted by Crippen LogP contribution is -2.20. The molecule has 0 aliphatic rings. The van der Waals surface area contributed by atoms with E-state index in [1.54, 1.807) is 24.7 Å². The molecule has 0 aromatic carbocycles. The molecule has 0 bridgehead atoms. The summed E-state index contributed by atoms with van der Waals surface area (Å²) in [5, 5.41) is 4.98. The average Bonchev–Trinajstić information content (AvgIpc) is 2.71. The smallest absolute Gasteiger partial charge is 0.0821 e. The number of nitrogens with zero attached hydrogens (tertiary/aromatic N) is 4. The van der Waals surface area contributed by atoms with Gasteiger partial charge in [-0.15, -0.1) is 0 Å². The molecule has 0 aliphatic carbocycles. The fourth-order valence-electron chi connectivity index (χ4n) is 1.82. The Morgan fingerprint density at radius 2 is 2.16 bits per heavy atom. The Balaban J connectivity index is 2.20. The molecule has 0 atom stereocenters.